The predicted molar refractivity (Wildman–Crippen MR) is 72.1 cm³/mol. The third-order valence-electron chi connectivity index (χ3n) is 3.70. The SMILES string of the molecule is CCCCCC(C)N1C(=O)C(C)(C)NC(=O)C1C. The van der Waals surface area contributed by atoms with Crippen molar-refractivity contribution in [3.63, 3.8) is 0 Å². The summed E-state index contributed by atoms with van der Waals surface area (Å²) in [7, 11) is 0. The summed E-state index contributed by atoms with van der Waals surface area (Å²) in [5.74, 6) is -0.0273. The van der Waals surface area contributed by atoms with E-state index < -0.39 is 5.54 Å². The number of unbranched alkanes of at least 4 members (excludes halogenated alkanes) is 2. The number of rotatable bonds is 5. The molecule has 2 unspecified atom stereocenters. The van der Waals surface area contributed by atoms with E-state index in [4.69, 9.17) is 0 Å². The quantitative estimate of drug-likeness (QED) is 0.764. The van der Waals surface area contributed by atoms with Crippen molar-refractivity contribution in [3.05, 3.63) is 0 Å². The van der Waals surface area contributed by atoms with Crippen molar-refractivity contribution in [2.24, 2.45) is 0 Å². The van der Waals surface area contributed by atoms with Crippen LogP contribution in [0.5, 0.6) is 0 Å². The molecule has 1 rings (SSSR count). The lowest BCUT2D eigenvalue weighted by molar-refractivity contribution is -0.155. The van der Waals surface area contributed by atoms with Crippen LogP contribution in [0.3, 0.4) is 0 Å². The van der Waals surface area contributed by atoms with Gasteiger partial charge in [0.25, 0.3) is 0 Å². The molecule has 0 aromatic heterocycles. The summed E-state index contributed by atoms with van der Waals surface area (Å²) in [5.41, 5.74) is -0.775. The Hall–Kier alpha value is -1.06. The smallest absolute Gasteiger partial charge is 0.248 e. The highest BCUT2D eigenvalue weighted by molar-refractivity contribution is 5.99. The van der Waals surface area contributed by atoms with Gasteiger partial charge in [0, 0.05) is 6.04 Å². The zero-order valence-corrected chi connectivity index (χ0v) is 12.2. The highest BCUT2D eigenvalue weighted by Crippen LogP contribution is 2.22. The van der Waals surface area contributed by atoms with Crippen molar-refractivity contribution < 1.29 is 9.59 Å². The van der Waals surface area contributed by atoms with E-state index in [1.165, 1.54) is 12.8 Å². The second kappa shape index (κ2) is 5.72. The molecule has 2 atom stereocenters. The summed E-state index contributed by atoms with van der Waals surface area (Å²) in [6.45, 7) is 9.54. The number of hydrogen-bond acceptors (Lipinski definition) is 2. The second-order valence-electron chi connectivity index (χ2n) is 5.85. The summed E-state index contributed by atoms with van der Waals surface area (Å²) in [6.07, 6.45) is 4.42. The van der Waals surface area contributed by atoms with Crippen LogP contribution >= 0.6 is 0 Å². The number of piperazine rings is 1. The van der Waals surface area contributed by atoms with Crippen LogP contribution in [0.4, 0.5) is 0 Å². The second-order valence-corrected chi connectivity index (χ2v) is 5.85. The molecule has 0 aliphatic carbocycles. The largest absolute Gasteiger partial charge is 0.340 e. The Morgan fingerprint density at radius 2 is 1.94 bits per heavy atom. The van der Waals surface area contributed by atoms with E-state index >= 15 is 0 Å². The lowest BCUT2D eigenvalue weighted by Crippen LogP contribution is -2.68. The van der Waals surface area contributed by atoms with E-state index in [2.05, 4.69) is 12.2 Å². The maximum Gasteiger partial charge on any atom is 0.248 e. The first kappa shape index (κ1) is 15.0. The Morgan fingerprint density at radius 3 is 2.50 bits per heavy atom. The first-order valence-corrected chi connectivity index (χ1v) is 6.96. The van der Waals surface area contributed by atoms with Crippen LogP contribution in [0.15, 0.2) is 0 Å². The zero-order valence-electron chi connectivity index (χ0n) is 12.2. The van der Waals surface area contributed by atoms with E-state index in [0.29, 0.717) is 0 Å². The molecule has 4 heteroatoms. The van der Waals surface area contributed by atoms with Crippen LogP contribution in [0, 0.1) is 0 Å². The third kappa shape index (κ3) is 3.03. The number of nitrogens with zero attached hydrogens (tertiary/aromatic N) is 1. The van der Waals surface area contributed by atoms with Gasteiger partial charge in [-0.3, -0.25) is 9.59 Å². The highest BCUT2D eigenvalue weighted by Gasteiger charge is 2.44. The molecular formula is C14H26N2O2. The van der Waals surface area contributed by atoms with Gasteiger partial charge >= 0.3 is 0 Å². The van der Waals surface area contributed by atoms with E-state index in [-0.39, 0.29) is 23.9 Å². The van der Waals surface area contributed by atoms with Crippen molar-refractivity contribution in [3.8, 4) is 0 Å². The van der Waals surface area contributed by atoms with Gasteiger partial charge < -0.3 is 10.2 Å². The van der Waals surface area contributed by atoms with Gasteiger partial charge in [-0.1, -0.05) is 26.2 Å². The summed E-state index contributed by atoms with van der Waals surface area (Å²) in [5, 5.41) is 2.78. The molecule has 0 radical (unpaired) electrons. The molecule has 104 valence electrons. The molecule has 0 bridgehead atoms. The molecule has 0 aromatic rings. The molecule has 0 saturated carbocycles. The van der Waals surface area contributed by atoms with Crippen LogP contribution in [0.1, 0.15) is 60.3 Å². The van der Waals surface area contributed by atoms with Crippen LogP contribution in [0.25, 0.3) is 0 Å². The van der Waals surface area contributed by atoms with Gasteiger partial charge in [0.05, 0.1) is 0 Å². The summed E-state index contributed by atoms with van der Waals surface area (Å²) in [4.78, 5) is 26.0. The maximum absolute atomic E-state index is 12.4. The van der Waals surface area contributed by atoms with Crippen molar-refractivity contribution in [2.75, 3.05) is 0 Å². The Balaban J connectivity index is 2.76. The lowest BCUT2D eigenvalue weighted by atomic mass is 9.94. The minimum absolute atomic E-state index is 0.0265. The fourth-order valence-corrected chi connectivity index (χ4v) is 2.50. The average Bonchev–Trinajstić information content (AvgIpc) is 2.27. The van der Waals surface area contributed by atoms with E-state index in [1.807, 2.05) is 6.92 Å². The highest BCUT2D eigenvalue weighted by atomic mass is 16.2. The van der Waals surface area contributed by atoms with Gasteiger partial charge in [0.15, 0.2) is 0 Å². The van der Waals surface area contributed by atoms with Gasteiger partial charge in [-0.2, -0.15) is 0 Å². The Morgan fingerprint density at radius 1 is 1.33 bits per heavy atom. The molecule has 0 spiro atoms. The number of amides is 2. The normalized spacial score (nSPS) is 24.9. The Bertz CT molecular complexity index is 326. The zero-order chi connectivity index (χ0) is 13.9. The fraction of sp³-hybridized carbons (Fsp3) is 0.857. The van der Waals surface area contributed by atoms with Gasteiger partial charge in [-0.05, 0) is 34.1 Å². The molecule has 1 aliphatic heterocycles. The standard InChI is InChI=1S/C14H26N2O2/c1-6-7-8-9-10(2)16-11(3)12(17)15-14(4,5)13(16)18/h10-11H,6-9H2,1-5H3,(H,15,17). The molecule has 4 nitrogen and oxygen atoms in total. The van der Waals surface area contributed by atoms with Gasteiger partial charge in [-0.15, -0.1) is 0 Å². The van der Waals surface area contributed by atoms with Crippen LogP contribution in [0.2, 0.25) is 0 Å². The maximum atomic E-state index is 12.4. The van der Waals surface area contributed by atoms with Crippen molar-refractivity contribution in [1.82, 2.24) is 10.2 Å². The van der Waals surface area contributed by atoms with E-state index in [9.17, 15) is 9.59 Å². The van der Waals surface area contributed by atoms with Crippen LogP contribution < -0.4 is 5.32 Å². The molecule has 1 heterocycles. The van der Waals surface area contributed by atoms with Crippen molar-refractivity contribution in [1.29, 1.82) is 0 Å². The average molecular weight is 254 g/mol. The van der Waals surface area contributed by atoms with Gasteiger partial charge in [0.1, 0.15) is 11.6 Å². The first-order chi connectivity index (χ1) is 8.31. The van der Waals surface area contributed by atoms with E-state index in [0.717, 1.165) is 12.8 Å². The first-order valence-electron chi connectivity index (χ1n) is 6.96. The third-order valence-corrected chi connectivity index (χ3v) is 3.70. The van der Waals surface area contributed by atoms with Gasteiger partial charge in [0.2, 0.25) is 11.8 Å². The van der Waals surface area contributed by atoms with Gasteiger partial charge in [-0.25, -0.2) is 0 Å². The molecule has 1 aliphatic rings. The Labute approximate surface area is 110 Å². The molecule has 1 saturated heterocycles. The monoisotopic (exact) mass is 254 g/mol. The molecular weight excluding hydrogens is 228 g/mol. The molecule has 0 aromatic carbocycles. The van der Waals surface area contributed by atoms with Crippen molar-refractivity contribution >= 4 is 11.8 Å². The molecule has 1 N–H and O–H groups in total. The van der Waals surface area contributed by atoms with Crippen molar-refractivity contribution in [2.45, 2.75) is 77.9 Å². The summed E-state index contributed by atoms with van der Waals surface area (Å²) in [6, 6.07) is -0.230. The summed E-state index contributed by atoms with van der Waals surface area (Å²) < 4.78 is 0. The predicted octanol–water partition coefficient (Wildman–Crippen LogP) is 2.08. The van der Waals surface area contributed by atoms with Crippen LogP contribution in [-0.4, -0.2) is 34.3 Å². The molecule has 2 amide bonds. The van der Waals surface area contributed by atoms with E-state index in [1.54, 1.807) is 25.7 Å². The van der Waals surface area contributed by atoms with Crippen LogP contribution in [-0.2, 0) is 9.59 Å². The Kier molecular flexibility index (Phi) is 4.77. The number of carbonyl (C=O) groups is 2. The minimum Gasteiger partial charge on any atom is -0.340 e. The minimum atomic E-state index is -0.775. The molecule has 1 fully saturated rings. The fourth-order valence-electron chi connectivity index (χ4n) is 2.50. The topological polar surface area (TPSA) is 49.4 Å². The summed E-state index contributed by atoms with van der Waals surface area (Å²) >= 11 is 0. The lowest BCUT2D eigenvalue weighted by Gasteiger charge is -2.44. The number of nitrogens with one attached hydrogen (secondary N) is 1. The number of carbonyl (C=O) groups excluding carboxylic acids is 2. The molecule has 18 heavy (non-hydrogen) atoms. The number of hydrogen-bond donors (Lipinski definition) is 1.